The summed E-state index contributed by atoms with van der Waals surface area (Å²) in [5.74, 6) is 0.901. The average Bonchev–Trinajstić information content (AvgIpc) is 3.10. The van der Waals surface area contributed by atoms with E-state index < -0.39 is 9.84 Å². The van der Waals surface area contributed by atoms with Gasteiger partial charge in [0, 0.05) is 30.1 Å². The molecule has 1 fully saturated rings. The highest BCUT2D eigenvalue weighted by Gasteiger charge is 2.22. The van der Waals surface area contributed by atoms with Gasteiger partial charge in [-0.15, -0.1) is 0 Å². The van der Waals surface area contributed by atoms with Crippen LogP contribution in [0.25, 0.3) is 11.4 Å². The molecule has 1 aliphatic heterocycles. The minimum atomic E-state index is -3.28. The number of amides is 2. The smallest absolute Gasteiger partial charge is 0.323 e. The van der Waals surface area contributed by atoms with Gasteiger partial charge in [0.15, 0.2) is 15.7 Å². The second-order valence-electron chi connectivity index (χ2n) is 8.69. The summed E-state index contributed by atoms with van der Waals surface area (Å²) in [4.78, 5) is 23.7. The Kier molecular flexibility index (Phi) is 7.03. The highest BCUT2D eigenvalue weighted by molar-refractivity contribution is 7.89. The van der Waals surface area contributed by atoms with E-state index >= 15 is 0 Å². The van der Waals surface area contributed by atoms with E-state index in [1.165, 1.54) is 6.26 Å². The number of hydrogen-bond acceptors (Lipinski definition) is 8. The highest BCUT2D eigenvalue weighted by Crippen LogP contribution is 2.25. The van der Waals surface area contributed by atoms with E-state index in [1.807, 2.05) is 13.8 Å². The third-order valence-electron chi connectivity index (χ3n) is 5.61. The van der Waals surface area contributed by atoms with Gasteiger partial charge in [-0.3, -0.25) is 5.10 Å². The van der Waals surface area contributed by atoms with Gasteiger partial charge in [-0.05, 0) is 45.0 Å². The lowest BCUT2D eigenvalue weighted by atomic mass is 10.2. The lowest BCUT2D eigenvalue weighted by Gasteiger charge is -2.34. The van der Waals surface area contributed by atoms with E-state index in [4.69, 9.17) is 9.72 Å². The number of urea groups is 1. The molecule has 3 N–H and O–H groups in total. The number of benzene rings is 1. The van der Waals surface area contributed by atoms with Gasteiger partial charge in [-0.25, -0.2) is 23.2 Å². The molecule has 2 amide bonds. The molecule has 0 radical (unpaired) electrons. The predicted octanol–water partition coefficient (Wildman–Crippen LogP) is 2.90. The topological polar surface area (TPSA) is 142 Å². The molecule has 11 nitrogen and oxygen atoms in total. The van der Waals surface area contributed by atoms with Crippen molar-refractivity contribution >= 4 is 33.1 Å². The van der Waals surface area contributed by atoms with Crippen molar-refractivity contribution in [1.29, 1.82) is 0 Å². The van der Waals surface area contributed by atoms with Gasteiger partial charge in [0.25, 0.3) is 0 Å². The Labute approximate surface area is 204 Å². The van der Waals surface area contributed by atoms with Crippen LogP contribution in [0.5, 0.6) is 0 Å². The number of ether oxygens (including phenoxy) is 1. The third kappa shape index (κ3) is 6.14. The van der Waals surface area contributed by atoms with E-state index in [-0.39, 0.29) is 17.8 Å². The van der Waals surface area contributed by atoms with Crippen molar-refractivity contribution in [3.63, 3.8) is 0 Å². The summed E-state index contributed by atoms with van der Waals surface area (Å²) in [6.07, 6.45) is 1.18. The summed E-state index contributed by atoms with van der Waals surface area (Å²) in [6.45, 7) is 7.47. The normalized spacial score (nSPS) is 16.2. The first-order valence-corrected chi connectivity index (χ1v) is 13.2. The van der Waals surface area contributed by atoms with Crippen LogP contribution in [0, 0.1) is 13.8 Å². The van der Waals surface area contributed by atoms with Crippen LogP contribution in [-0.2, 0) is 20.3 Å². The van der Waals surface area contributed by atoms with E-state index in [0.717, 1.165) is 5.69 Å². The largest absolute Gasteiger partial charge is 0.377 e. The number of anilines is 3. The van der Waals surface area contributed by atoms with Crippen LogP contribution in [-0.4, -0.2) is 66.7 Å². The maximum Gasteiger partial charge on any atom is 0.323 e. The molecule has 3 heterocycles. The number of aromatic amines is 1. The van der Waals surface area contributed by atoms with Gasteiger partial charge in [0.05, 0.1) is 47.8 Å². The molecule has 186 valence electrons. The van der Waals surface area contributed by atoms with Gasteiger partial charge < -0.3 is 20.3 Å². The van der Waals surface area contributed by atoms with Crippen LogP contribution in [0.1, 0.15) is 24.0 Å². The number of H-pyrrole nitrogens is 1. The molecule has 1 atom stereocenters. The lowest BCUT2D eigenvalue weighted by Crippen LogP contribution is -2.44. The van der Waals surface area contributed by atoms with Crippen LogP contribution in [0.2, 0.25) is 0 Å². The monoisotopic (exact) mass is 499 g/mol. The first-order chi connectivity index (χ1) is 16.6. The number of nitrogens with one attached hydrogen (secondary N) is 3. The molecular weight excluding hydrogens is 470 g/mol. The zero-order valence-electron chi connectivity index (χ0n) is 20.1. The maximum atomic E-state index is 12.4. The van der Waals surface area contributed by atoms with Gasteiger partial charge in [0.2, 0.25) is 0 Å². The van der Waals surface area contributed by atoms with Crippen molar-refractivity contribution in [2.75, 3.05) is 41.5 Å². The molecule has 1 saturated heterocycles. The van der Waals surface area contributed by atoms with E-state index in [0.29, 0.717) is 59.7 Å². The van der Waals surface area contributed by atoms with Crippen LogP contribution < -0.4 is 15.5 Å². The van der Waals surface area contributed by atoms with Crippen LogP contribution >= 0.6 is 0 Å². The van der Waals surface area contributed by atoms with Crippen molar-refractivity contribution in [3.05, 3.63) is 47.4 Å². The summed E-state index contributed by atoms with van der Waals surface area (Å²) >= 11 is 0. The number of hydrogen-bond donors (Lipinski definition) is 3. The Balaban J connectivity index is 1.57. The number of sulfone groups is 1. The molecule has 12 heteroatoms. The zero-order valence-corrected chi connectivity index (χ0v) is 20.9. The number of carbonyl (C=O) groups is 1. The first kappa shape index (κ1) is 24.6. The van der Waals surface area contributed by atoms with E-state index in [9.17, 15) is 13.2 Å². The molecule has 0 aliphatic carbocycles. The molecule has 3 aromatic rings. The van der Waals surface area contributed by atoms with Crippen LogP contribution in [0.3, 0.4) is 0 Å². The number of aryl methyl sites for hydroxylation is 2. The molecule has 35 heavy (non-hydrogen) atoms. The Morgan fingerprint density at radius 1 is 1.20 bits per heavy atom. The van der Waals surface area contributed by atoms with Crippen LogP contribution in [0.15, 0.2) is 30.3 Å². The molecule has 2 aromatic heterocycles. The molecule has 0 saturated carbocycles. The number of carbonyl (C=O) groups excluding carboxylic acids is 1. The van der Waals surface area contributed by atoms with Gasteiger partial charge in [-0.1, -0.05) is 0 Å². The average molecular weight is 500 g/mol. The standard InChI is InChI=1S/C23H29N7O4S/c1-14-12-34-10-9-30(14)20-11-19(13-35(4,32)33)24-22(26-20)17-5-7-18(8-6-17)25-23(31)27-21-15(2)28-29-16(21)3/h5-8,11,14H,9-10,12-13H2,1-4H3,(H,28,29)(H2,25,27,31)/t14-/m0/s1. The molecule has 0 unspecified atom stereocenters. The minimum absolute atomic E-state index is 0.102. The van der Waals surface area contributed by atoms with Crippen molar-refractivity contribution < 1.29 is 17.9 Å². The minimum Gasteiger partial charge on any atom is -0.377 e. The lowest BCUT2D eigenvalue weighted by molar-refractivity contribution is 0.0985. The molecule has 4 rings (SSSR count). The zero-order chi connectivity index (χ0) is 25.2. The van der Waals surface area contributed by atoms with Gasteiger partial charge >= 0.3 is 6.03 Å². The number of aromatic nitrogens is 4. The second kappa shape index (κ2) is 10.0. The first-order valence-electron chi connectivity index (χ1n) is 11.2. The summed E-state index contributed by atoms with van der Waals surface area (Å²) in [5, 5.41) is 12.5. The fraction of sp³-hybridized carbons (Fsp3) is 0.391. The predicted molar refractivity (Wildman–Crippen MR) is 134 cm³/mol. The van der Waals surface area contributed by atoms with E-state index in [2.05, 4.69) is 30.7 Å². The highest BCUT2D eigenvalue weighted by atomic mass is 32.2. The fourth-order valence-electron chi connectivity index (χ4n) is 3.88. The molecule has 1 aromatic carbocycles. The van der Waals surface area contributed by atoms with E-state index in [1.54, 1.807) is 37.3 Å². The Hall–Kier alpha value is -3.51. The molecule has 0 spiro atoms. The van der Waals surface area contributed by atoms with Crippen molar-refractivity contribution in [3.8, 4) is 11.4 Å². The Morgan fingerprint density at radius 2 is 1.94 bits per heavy atom. The fourth-order valence-corrected chi connectivity index (χ4v) is 4.57. The van der Waals surface area contributed by atoms with Crippen LogP contribution in [0.4, 0.5) is 22.0 Å². The second-order valence-corrected chi connectivity index (χ2v) is 10.8. The van der Waals surface area contributed by atoms with Gasteiger partial charge in [-0.2, -0.15) is 5.10 Å². The summed E-state index contributed by atoms with van der Waals surface area (Å²) < 4.78 is 29.4. The maximum absolute atomic E-state index is 12.4. The summed E-state index contributed by atoms with van der Waals surface area (Å²) in [7, 11) is -3.28. The number of rotatable bonds is 6. The quantitative estimate of drug-likeness (QED) is 0.470. The van der Waals surface area contributed by atoms with Crippen molar-refractivity contribution in [2.24, 2.45) is 0 Å². The summed E-state index contributed by atoms with van der Waals surface area (Å²) in [5.41, 5.74) is 3.82. The SMILES string of the molecule is Cc1n[nH]c(C)c1NC(=O)Nc1ccc(-c2nc(CS(C)(=O)=O)cc(N3CCOC[C@@H]3C)n2)cc1. The summed E-state index contributed by atoms with van der Waals surface area (Å²) in [6, 6.07) is 8.50. The molecular formula is C23H29N7O4S. The number of nitrogens with zero attached hydrogens (tertiary/aromatic N) is 4. The van der Waals surface area contributed by atoms with Crippen molar-refractivity contribution in [2.45, 2.75) is 32.6 Å². The Bertz CT molecular complexity index is 1300. The molecule has 0 bridgehead atoms. The Morgan fingerprint density at radius 3 is 2.57 bits per heavy atom. The molecule has 1 aliphatic rings. The third-order valence-corrected chi connectivity index (χ3v) is 6.43. The number of morpholine rings is 1. The van der Waals surface area contributed by atoms with Crippen molar-refractivity contribution in [1.82, 2.24) is 20.2 Å². The van der Waals surface area contributed by atoms with Gasteiger partial charge in [0.1, 0.15) is 5.82 Å².